The first-order valence-electron chi connectivity index (χ1n) is 8.01. The third-order valence-electron chi connectivity index (χ3n) is 4.59. The molecule has 5 heteroatoms. The predicted octanol–water partition coefficient (Wildman–Crippen LogP) is 5.98. The van der Waals surface area contributed by atoms with Gasteiger partial charge in [0.2, 0.25) is 0 Å². The summed E-state index contributed by atoms with van der Waals surface area (Å²) in [4.78, 5) is 4.87. The minimum absolute atomic E-state index is 0.177. The predicted molar refractivity (Wildman–Crippen MR) is 103 cm³/mol. The van der Waals surface area contributed by atoms with Crippen molar-refractivity contribution in [2.24, 2.45) is 0 Å². The summed E-state index contributed by atoms with van der Waals surface area (Å²) in [7, 11) is 0. The first-order chi connectivity index (χ1) is 12.2. The smallest absolute Gasteiger partial charge is 0.145 e. The molecule has 1 atom stereocenters. The molecule has 3 aromatic carbocycles. The molecule has 2 heterocycles. The SMILES string of the molecule is Clc1cccc([C@@H]2Nc3ccccc3-c3nc4ccccc4n32)c1Cl. The Bertz CT molecular complexity index is 1120. The Kier molecular flexibility index (Phi) is 3.27. The normalized spacial score (nSPS) is 15.5. The highest BCUT2D eigenvalue weighted by Gasteiger charge is 2.29. The fourth-order valence-corrected chi connectivity index (χ4v) is 3.87. The van der Waals surface area contributed by atoms with Crippen molar-refractivity contribution in [2.75, 3.05) is 5.32 Å². The molecule has 0 unspecified atom stereocenters. The second kappa shape index (κ2) is 5.51. The van der Waals surface area contributed by atoms with Crippen LogP contribution in [0.15, 0.2) is 66.7 Å². The fraction of sp³-hybridized carbons (Fsp3) is 0.0500. The van der Waals surface area contributed by atoms with Crippen molar-refractivity contribution < 1.29 is 0 Å². The lowest BCUT2D eigenvalue weighted by Gasteiger charge is -2.31. The second-order valence-corrected chi connectivity index (χ2v) is 6.81. The molecular weight excluding hydrogens is 353 g/mol. The van der Waals surface area contributed by atoms with Crippen molar-refractivity contribution in [1.82, 2.24) is 9.55 Å². The largest absolute Gasteiger partial charge is 0.360 e. The van der Waals surface area contributed by atoms with Crippen LogP contribution in [0, 0.1) is 0 Å². The van der Waals surface area contributed by atoms with Crippen LogP contribution in [0.5, 0.6) is 0 Å². The maximum Gasteiger partial charge on any atom is 0.145 e. The molecule has 0 amide bonds. The molecule has 5 rings (SSSR count). The van der Waals surface area contributed by atoms with Crippen LogP contribution in [0.3, 0.4) is 0 Å². The third kappa shape index (κ3) is 2.16. The molecule has 1 aliphatic rings. The Morgan fingerprint density at radius 3 is 2.60 bits per heavy atom. The summed E-state index contributed by atoms with van der Waals surface area (Å²) in [5.74, 6) is 0.927. The highest BCUT2D eigenvalue weighted by molar-refractivity contribution is 6.42. The number of benzene rings is 3. The molecule has 25 heavy (non-hydrogen) atoms. The Morgan fingerprint density at radius 1 is 0.880 bits per heavy atom. The van der Waals surface area contributed by atoms with E-state index in [1.807, 2.05) is 42.5 Å². The average molecular weight is 366 g/mol. The van der Waals surface area contributed by atoms with Crippen LogP contribution in [0.1, 0.15) is 11.7 Å². The van der Waals surface area contributed by atoms with E-state index in [4.69, 9.17) is 28.2 Å². The quantitative estimate of drug-likeness (QED) is 0.449. The number of nitrogens with one attached hydrogen (secondary N) is 1. The highest BCUT2D eigenvalue weighted by atomic mass is 35.5. The maximum absolute atomic E-state index is 6.53. The number of imidazole rings is 1. The van der Waals surface area contributed by atoms with Crippen molar-refractivity contribution in [3.05, 3.63) is 82.3 Å². The number of halogens is 2. The molecule has 122 valence electrons. The van der Waals surface area contributed by atoms with Gasteiger partial charge in [-0.25, -0.2) is 4.98 Å². The van der Waals surface area contributed by atoms with E-state index in [9.17, 15) is 0 Å². The zero-order valence-corrected chi connectivity index (χ0v) is 14.6. The number of aromatic nitrogens is 2. The molecule has 1 aromatic heterocycles. The van der Waals surface area contributed by atoms with E-state index >= 15 is 0 Å². The molecule has 4 aromatic rings. The van der Waals surface area contributed by atoms with Gasteiger partial charge in [0.1, 0.15) is 12.0 Å². The van der Waals surface area contributed by atoms with Gasteiger partial charge in [-0.15, -0.1) is 0 Å². The van der Waals surface area contributed by atoms with Crippen molar-refractivity contribution >= 4 is 39.9 Å². The summed E-state index contributed by atoms with van der Waals surface area (Å²) in [5, 5.41) is 4.70. The lowest BCUT2D eigenvalue weighted by Crippen LogP contribution is -2.25. The second-order valence-electron chi connectivity index (χ2n) is 6.03. The molecule has 0 bridgehead atoms. The topological polar surface area (TPSA) is 29.9 Å². The monoisotopic (exact) mass is 365 g/mol. The molecule has 3 nitrogen and oxygen atoms in total. The van der Waals surface area contributed by atoms with Crippen molar-refractivity contribution in [2.45, 2.75) is 6.17 Å². The molecule has 0 saturated heterocycles. The van der Waals surface area contributed by atoms with Crippen LogP contribution in [0.2, 0.25) is 10.0 Å². The van der Waals surface area contributed by atoms with Gasteiger partial charge < -0.3 is 5.32 Å². The van der Waals surface area contributed by atoms with Crippen LogP contribution in [0.4, 0.5) is 5.69 Å². The van der Waals surface area contributed by atoms with Gasteiger partial charge in [-0.1, -0.05) is 59.6 Å². The zero-order valence-electron chi connectivity index (χ0n) is 13.1. The molecule has 0 radical (unpaired) electrons. The summed E-state index contributed by atoms with van der Waals surface area (Å²) < 4.78 is 2.19. The van der Waals surface area contributed by atoms with Gasteiger partial charge >= 0.3 is 0 Å². The van der Waals surface area contributed by atoms with Crippen molar-refractivity contribution in [1.29, 1.82) is 0 Å². The highest BCUT2D eigenvalue weighted by Crippen LogP contribution is 2.42. The van der Waals surface area contributed by atoms with Gasteiger partial charge in [0.25, 0.3) is 0 Å². The molecule has 0 fully saturated rings. The van der Waals surface area contributed by atoms with Gasteiger partial charge in [0, 0.05) is 16.8 Å². The van der Waals surface area contributed by atoms with E-state index in [-0.39, 0.29) is 6.17 Å². The van der Waals surface area contributed by atoms with Crippen LogP contribution in [-0.4, -0.2) is 9.55 Å². The first-order valence-corrected chi connectivity index (χ1v) is 8.76. The van der Waals surface area contributed by atoms with Gasteiger partial charge in [-0.05, 0) is 30.3 Å². The minimum Gasteiger partial charge on any atom is -0.360 e. The average Bonchev–Trinajstić information content (AvgIpc) is 3.03. The number of fused-ring (bicyclic) bond motifs is 5. The zero-order chi connectivity index (χ0) is 17.0. The lowest BCUT2D eigenvalue weighted by atomic mass is 10.1. The number of anilines is 1. The summed E-state index contributed by atoms with van der Waals surface area (Å²) in [6.45, 7) is 0. The van der Waals surface area contributed by atoms with Gasteiger partial charge in [-0.2, -0.15) is 0 Å². The lowest BCUT2D eigenvalue weighted by molar-refractivity contribution is 0.669. The van der Waals surface area contributed by atoms with Crippen LogP contribution in [-0.2, 0) is 0 Å². The van der Waals surface area contributed by atoms with Gasteiger partial charge in [0.15, 0.2) is 0 Å². The molecule has 0 spiro atoms. The minimum atomic E-state index is -0.177. The molecule has 1 N–H and O–H groups in total. The van der Waals surface area contributed by atoms with Gasteiger partial charge in [0.05, 0.1) is 21.1 Å². The van der Waals surface area contributed by atoms with Crippen molar-refractivity contribution in [3.63, 3.8) is 0 Å². The molecular formula is C20H13Cl2N3. The van der Waals surface area contributed by atoms with Crippen LogP contribution < -0.4 is 5.32 Å². The van der Waals surface area contributed by atoms with E-state index in [1.165, 1.54) is 0 Å². The van der Waals surface area contributed by atoms with E-state index in [1.54, 1.807) is 6.07 Å². The summed E-state index contributed by atoms with van der Waals surface area (Å²) in [5.41, 5.74) is 5.05. The summed E-state index contributed by atoms with van der Waals surface area (Å²) >= 11 is 12.8. The summed E-state index contributed by atoms with van der Waals surface area (Å²) in [6.07, 6.45) is -0.177. The third-order valence-corrected chi connectivity index (χ3v) is 5.42. The number of hydrogen-bond donors (Lipinski definition) is 1. The Hall–Kier alpha value is -2.49. The number of nitrogens with zero attached hydrogens (tertiary/aromatic N) is 2. The summed E-state index contributed by atoms with van der Waals surface area (Å²) in [6, 6.07) is 22.0. The number of para-hydroxylation sites is 3. The van der Waals surface area contributed by atoms with Crippen molar-refractivity contribution in [3.8, 4) is 11.4 Å². The van der Waals surface area contributed by atoms with Crippen LogP contribution in [0.25, 0.3) is 22.4 Å². The Labute approximate surface area is 154 Å². The van der Waals surface area contributed by atoms with Gasteiger partial charge in [-0.3, -0.25) is 4.57 Å². The van der Waals surface area contributed by atoms with Crippen LogP contribution >= 0.6 is 23.2 Å². The van der Waals surface area contributed by atoms with E-state index in [0.717, 1.165) is 33.7 Å². The Morgan fingerprint density at radius 2 is 1.68 bits per heavy atom. The number of rotatable bonds is 1. The Balaban J connectivity index is 1.85. The standard InChI is InChI=1S/C20H13Cl2N3/c21-14-8-5-7-13(18(14)22)20-23-15-9-2-1-6-12(15)19-24-16-10-3-4-11-17(16)25(19)20/h1-11,20,23H/t20-/m1/s1. The molecule has 0 saturated carbocycles. The van der Waals surface area contributed by atoms with E-state index in [0.29, 0.717) is 10.0 Å². The first kappa shape index (κ1) is 14.8. The fourth-order valence-electron chi connectivity index (χ4n) is 3.46. The maximum atomic E-state index is 6.53. The molecule has 0 aliphatic carbocycles. The number of hydrogen-bond acceptors (Lipinski definition) is 2. The van der Waals surface area contributed by atoms with E-state index < -0.39 is 0 Å². The van der Waals surface area contributed by atoms with E-state index in [2.05, 4.69) is 28.1 Å². The molecule has 1 aliphatic heterocycles.